The summed E-state index contributed by atoms with van der Waals surface area (Å²) in [5.74, 6) is -0.0873. The Labute approximate surface area is 185 Å². The number of amides is 2. The van der Waals surface area contributed by atoms with E-state index in [-0.39, 0.29) is 23.2 Å². The van der Waals surface area contributed by atoms with E-state index in [2.05, 4.69) is 28.5 Å². The van der Waals surface area contributed by atoms with Crippen LogP contribution in [0, 0.1) is 16.0 Å². The number of non-ortho nitro benzene ring substituents is 1. The van der Waals surface area contributed by atoms with Crippen molar-refractivity contribution in [3.63, 3.8) is 0 Å². The Morgan fingerprint density at radius 2 is 2.00 bits per heavy atom. The highest BCUT2D eigenvalue weighted by atomic mass is 32.1. The lowest BCUT2D eigenvalue weighted by Crippen LogP contribution is -2.48. The normalized spacial score (nSPS) is 17.0. The molecular formula is C22H28N4O4S. The molecule has 0 spiro atoms. The van der Waals surface area contributed by atoms with Crippen LogP contribution in [0.4, 0.5) is 5.69 Å². The molecule has 2 atom stereocenters. The third kappa shape index (κ3) is 6.11. The Kier molecular flexibility index (Phi) is 7.75. The summed E-state index contributed by atoms with van der Waals surface area (Å²) < 4.78 is 0. The van der Waals surface area contributed by atoms with Gasteiger partial charge >= 0.3 is 0 Å². The van der Waals surface area contributed by atoms with Crippen LogP contribution in [-0.2, 0) is 4.79 Å². The fraction of sp³-hybridized carbons (Fsp3) is 0.455. The number of carbonyl (C=O) groups is 2. The number of nitrogens with zero attached hydrogens (tertiary/aromatic N) is 2. The van der Waals surface area contributed by atoms with Crippen molar-refractivity contribution in [3.05, 3.63) is 62.3 Å². The van der Waals surface area contributed by atoms with Crippen molar-refractivity contribution in [1.82, 2.24) is 15.5 Å². The summed E-state index contributed by atoms with van der Waals surface area (Å²) in [6.45, 7) is 6.33. The molecule has 3 rings (SSSR count). The number of carbonyl (C=O) groups excluding carboxylic acids is 2. The number of hydrogen-bond acceptors (Lipinski definition) is 6. The largest absolute Gasteiger partial charge is 0.352 e. The van der Waals surface area contributed by atoms with Crippen molar-refractivity contribution in [2.45, 2.75) is 38.8 Å². The molecule has 1 aliphatic heterocycles. The Hall–Kier alpha value is -2.78. The summed E-state index contributed by atoms with van der Waals surface area (Å²) >= 11 is 1.68. The van der Waals surface area contributed by atoms with Gasteiger partial charge in [-0.3, -0.25) is 24.6 Å². The molecule has 1 aromatic carbocycles. The van der Waals surface area contributed by atoms with E-state index in [1.165, 1.54) is 29.1 Å². The predicted molar refractivity (Wildman–Crippen MR) is 120 cm³/mol. The SMILES string of the molecule is CC1CCN(C(CNC(=O)C(C)NC(=O)c2cccc([N+](=O)[O-])c2)c2cccs2)CC1. The molecule has 31 heavy (non-hydrogen) atoms. The molecular weight excluding hydrogens is 416 g/mol. The molecule has 0 radical (unpaired) electrons. The summed E-state index contributed by atoms with van der Waals surface area (Å²) in [5, 5.41) is 18.5. The molecule has 2 amide bonds. The maximum Gasteiger partial charge on any atom is 0.270 e. The molecule has 9 heteroatoms. The van der Waals surface area contributed by atoms with E-state index < -0.39 is 16.9 Å². The smallest absolute Gasteiger partial charge is 0.270 e. The van der Waals surface area contributed by atoms with Gasteiger partial charge in [0.25, 0.3) is 11.6 Å². The minimum Gasteiger partial charge on any atom is -0.352 e. The van der Waals surface area contributed by atoms with Crippen LogP contribution in [0.15, 0.2) is 41.8 Å². The average molecular weight is 445 g/mol. The average Bonchev–Trinajstić information content (AvgIpc) is 3.29. The molecule has 0 bridgehead atoms. The van der Waals surface area contributed by atoms with Crippen molar-refractivity contribution in [3.8, 4) is 0 Å². The second-order valence-corrected chi connectivity index (χ2v) is 8.98. The third-order valence-electron chi connectivity index (χ3n) is 5.66. The summed E-state index contributed by atoms with van der Waals surface area (Å²) in [5.41, 5.74) is -0.0212. The molecule has 2 heterocycles. The fourth-order valence-electron chi connectivity index (χ4n) is 3.69. The van der Waals surface area contributed by atoms with Gasteiger partial charge in [0.2, 0.25) is 5.91 Å². The second kappa shape index (κ2) is 10.5. The molecule has 0 saturated carbocycles. The Balaban J connectivity index is 1.58. The van der Waals surface area contributed by atoms with Crippen LogP contribution in [0.2, 0.25) is 0 Å². The monoisotopic (exact) mass is 444 g/mol. The third-order valence-corrected chi connectivity index (χ3v) is 6.63. The molecule has 1 saturated heterocycles. The Bertz CT molecular complexity index is 910. The molecule has 1 aliphatic rings. The van der Waals surface area contributed by atoms with Gasteiger partial charge in [-0.05, 0) is 56.3 Å². The number of benzene rings is 1. The van der Waals surface area contributed by atoms with Gasteiger partial charge in [-0.2, -0.15) is 0 Å². The quantitative estimate of drug-likeness (QED) is 0.480. The topological polar surface area (TPSA) is 105 Å². The van der Waals surface area contributed by atoms with Crippen molar-refractivity contribution in [1.29, 1.82) is 0 Å². The van der Waals surface area contributed by atoms with Crippen molar-refractivity contribution in [2.24, 2.45) is 5.92 Å². The minimum atomic E-state index is -0.767. The maximum absolute atomic E-state index is 12.6. The first kappa shape index (κ1) is 22.9. The van der Waals surface area contributed by atoms with Crippen molar-refractivity contribution >= 4 is 28.8 Å². The highest BCUT2D eigenvalue weighted by Crippen LogP contribution is 2.29. The van der Waals surface area contributed by atoms with E-state index >= 15 is 0 Å². The maximum atomic E-state index is 12.6. The van der Waals surface area contributed by atoms with Gasteiger partial charge in [0.05, 0.1) is 11.0 Å². The van der Waals surface area contributed by atoms with Gasteiger partial charge < -0.3 is 10.6 Å². The summed E-state index contributed by atoms with van der Waals surface area (Å²) in [6, 6.07) is 8.90. The molecule has 1 fully saturated rings. The Morgan fingerprint density at radius 1 is 1.26 bits per heavy atom. The lowest BCUT2D eigenvalue weighted by Gasteiger charge is -2.36. The van der Waals surface area contributed by atoms with Gasteiger partial charge in [-0.15, -0.1) is 11.3 Å². The van der Waals surface area contributed by atoms with Gasteiger partial charge in [0.1, 0.15) is 6.04 Å². The van der Waals surface area contributed by atoms with Gasteiger partial charge in [-0.1, -0.05) is 19.1 Å². The number of piperidine rings is 1. The number of nitro benzene ring substituents is 1. The van der Waals surface area contributed by atoms with E-state index in [0.717, 1.165) is 31.8 Å². The number of nitrogens with one attached hydrogen (secondary N) is 2. The fourth-order valence-corrected chi connectivity index (χ4v) is 4.55. The predicted octanol–water partition coefficient (Wildman–Crippen LogP) is 3.36. The number of nitro groups is 1. The van der Waals surface area contributed by atoms with E-state index in [9.17, 15) is 19.7 Å². The molecule has 0 aliphatic carbocycles. The zero-order valence-electron chi connectivity index (χ0n) is 17.7. The number of thiophene rings is 1. The van der Waals surface area contributed by atoms with Crippen molar-refractivity contribution in [2.75, 3.05) is 19.6 Å². The van der Waals surface area contributed by atoms with Crippen LogP contribution in [-0.4, -0.2) is 47.3 Å². The molecule has 2 aromatic rings. The summed E-state index contributed by atoms with van der Waals surface area (Å²) in [4.78, 5) is 39.0. The van der Waals surface area contributed by atoms with Crippen LogP contribution < -0.4 is 10.6 Å². The van der Waals surface area contributed by atoms with Crippen LogP contribution in [0.5, 0.6) is 0 Å². The van der Waals surface area contributed by atoms with Gasteiger partial charge in [-0.25, -0.2) is 0 Å². The zero-order chi connectivity index (χ0) is 22.4. The number of hydrogen-bond donors (Lipinski definition) is 2. The number of likely N-dealkylation sites (tertiary alicyclic amines) is 1. The molecule has 8 nitrogen and oxygen atoms in total. The minimum absolute atomic E-state index is 0.108. The van der Waals surface area contributed by atoms with Crippen LogP contribution >= 0.6 is 11.3 Å². The first-order valence-corrected chi connectivity index (χ1v) is 11.3. The zero-order valence-corrected chi connectivity index (χ0v) is 18.6. The van der Waals surface area contributed by atoms with Gasteiger partial charge in [0, 0.05) is 29.1 Å². The summed E-state index contributed by atoms with van der Waals surface area (Å²) in [6.07, 6.45) is 2.29. The highest BCUT2D eigenvalue weighted by molar-refractivity contribution is 7.10. The molecule has 1 aromatic heterocycles. The summed E-state index contributed by atoms with van der Waals surface area (Å²) in [7, 11) is 0. The number of rotatable bonds is 8. The lowest BCUT2D eigenvalue weighted by atomic mass is 9.97. The van der Waals surface area contributed by atoms with E-state index in [4.69, 9.17) is 0 Å². The molecule has 2 unspecified atom stereocenters. The standard InChI is InChI=1S/C22H28N4O4S/c1-15-8-10-25(11-9-15)19(20-7-4-12-31-20)14-23-21(27)16(2)24-22(28)17-5-3-6-18(13-17)26(29)30/h3-7,12-13,15-16,19H,8-11,14H2,1-2H3,(H,23,27)(H,24,28). The van der Waals surface area contributed by atoms with E-state index in [0.29, 0.717) is 6.54 Å². The molecule has 2 N–H and O–H groups in total. The van der Waals surface area contributed by atoms with E-state index in [1.54, 1.807) is 18.3 Å². The second-order valence-electron chi connectivity index (χ2n) is 8.00. The first-order valence-electron chi connectivity index (χ1n) is 10.5. The first-order chi connectivity index (χ1) is 14.8. The van der Waals surface area contributed by atoms with Gasteiger partial charge in [0.15, 0.2) is 0 Å². The van der Waals surface area contributed by atoms with Crippen LogP contribution in [0.1, 0.15) is 48.0 Å². The lowest BCUT2D eigenvalue weighted by molar-refractivity contribution is -0.384. The van der Waals surface area contributed by atoms with E-state index in [1.807, 2.05) is 11.4 Å². The van der Waals surface area contributed by atoms with Crippen molar-refractivity contribution < 1.29 is 14.5 Å². The molecule has 166 valence electrons. The van der Waals surface area contributed by atoms with Crippen LogP contribution in [0.3, 0.4) is 0 Å². The Morgan fingerprint density at radius 3 is 2.65 bits per heavy atom. The van der Waals surface area contributed by atoms with Crippen LogP contribution in [0.25, 0.3) is 0 Å². The highest BCUT2D eigenvalue weighted by Gasteiger charge is 2.26.